The summed E-state index contributed by atoms with van der Waals surface area (Å²) in [6.07, 6.45) is 0. The second-order valence-electron chi connectivity index (χ2n) is 9.85. The first-order chi connectivity index (χ1) is 20.2. The van der Waals surface area contributed by atoms with Gasteiger partial charge in [-0.3, -0.25) is 0 Å². The molecule has 0 aliphatic rings. The summed E-state index contributed by atoms with van der Waals surface area (Å²) in [7, 11) is 0. The minimum atomic E-state index is 0.169. The third-order valence-electron chi connectivity index (χ3n) is 7.30. The normalized spacial score (nSPS) is 11.0. The van der Waals surface area contributed by atoms with Gasteiger partial charge in [-0.15, -0.1) is 0 Å². The lowest BCUT2D eigenvalue weighted by Gasteiger charge is -2.13. The molecule has 194 valence electrons. The summed E-state index contributed by atoms with van der Waals surface area (Å²) in [5, 5.41) is 2.61. The first kappa shape index (κ1) is 24.9. The summed E-state index contributed by atoms with van der Waals surface area (Å²) in [4.78, 5) is 13.6. The SMILES string of the molecule is Clc1nc(-c2ccc(-c3ccccc3)cc2)nc(-c2ccc(-c3cccc4cccc(-c5ccccc5)c34)cc2)n1. The first-order valence-corrected chi connectivity index (χ1v) is 13.9. The van der Waals surface area contributed by atoms with Gasteiger partial charge in [0.05, 0.1) is 0 Å². The molecule has 7 aromatic rings. The van der Waals surface area contributed by atoms with Crippen molar-refractivity contribution in [2.24, 2.45) is 0 Å². The molecule has 0 N–H and O–H groups in total. The first-order valence-electron chi connectivity index (χ1n) is 13.5. The van der Waals surface area contributed by atoms with Crippen LogP contribution in [0.4, 0.5) is 0 Å². The van der Waals surface area contributed by atoms with Crippen molar-refractivity contribution in [2.75, 3.05) is 0 Å². The molecule has 0 aliphatic carbocycles. The van der Waals surface area contributed by atoms with Gasteiger partial charge in [0.2, 0.25) is 5.28 Å². The van der Waals surface area contributed by atoms with E-state index in [1.807, 2.05) is 48.5 Å². The van der Waals surface area contributed by atoms with E-state index < -0.39 is 0 Å². The smallest absolute Gasteiger partial charge is 0.208 e. The number of hydrogen-bond acceptors (Lipinski definition) is 3. The topological polar surface area (TPSA) is 38.7 Å². The molecule has 0 radical (unpaired) electrons. The van der Waals surface area contributed by atoms with Crippen LogP contribution < -0.4 is 0 Å². The highest BCUT2D eigenvalue weighted by molar-refractivity contribution is 6.28. The van der Waals surface area contributed by atoms with Crippen molar-refractivity contribution >= 4 is 22.4 Å². The average molecular weight is 546 g/mol. The largest absolute Gasteiger partial charge is 0.226 e. The summed E-state index contributed by atoms with van der Waals surface area (Å²) in [6.45, 7) is 0. The minimum absolute atomic E-state index is 0.169. The molecule has 0 amide bonds. The minimum Gasteiger partial charge on any atom is -0.208 e. The van der Waals surface area contributed by atoms with E-state index in [-0.39, 0.29) is 5.28 Å². The summed E-state index contributed by atoms with van der Waals surface area (Å²) >= 11 is 6.38. The molecule has 0 unspecified atom stereocenters. The Morgan fingerprint density at radius 2 is 0.756 bits per heavy atom. The lowest BCUT2D eigenvalue weighted by atomic mass is 9.91. The van der Waals surface area contributed by atoms with E-state index in [1.54, 1.807) is 0 Å². The number of benzene rings is 6. The second kappa shape index (κ2) is 10.8. The molecule has 0 spiro atoms. The van der Waals surface area contributed by atoms with Crippen LogP contribution in [0.15, 0.2) is 146 Å². The summed E-state index contributed by atoms with van der Waals surface area (Å²) in [5.74, 6) is 1.09. The maximum absolute atomic E-state index is 6.38. The molecule has 0 aliphatic heterocycles. The molecular weight excluding hydrogens is 522 g/mol. The van der Waals surface area contributed by atoms with Crippen LogP contribution in [0.5, 0.6) is 0 Å². The fourth-order valence-corrected chi connectivity index (χ4v) is 5.45. The van der Waals surface area contributed by atoms with E-state index in [1.165, 1.54) is 27.5 Å². The standard InChI is InChI=1S/C37H24ClN3/c38-37-40-35(30-21-17-26(18-22-30)25-9-3-1-4-10-25)39-36(41-37)31-23-19-28(20-24-31)33-16-8-14-29-13-7-15-32(34(29)33)27-11-5-2-6-12-27/h1-24H. The Bertz CT molecular complexity index is 1960. The highest BCUT2D eigenvalue weighted by atomic mass is 35.5. The van der Waals surface area contributed by atoms with E-state index in [0.29, 0.717) is 11.6 Å². The molecule has 0 atom stereocenters. The number of aromatic nitrogens is 3. The highest BCUT2D eigenvalue weighted by Gasteiger charge is 2.13. The molecule has 41 heavy (non-hydrogen) atoms. The van der Waals surface area contributed by atoms with Gasteiger partial charge in [-0.25, -0.2) is 4.98 Å². The van der Waals surface area contributed by atoms with Crippen molar-refractivity contribution in [3.05, 3.63) is 151 Å². The number of halogens is 1. The van der Waals surface area contributed by atoms with Gasteiger partial charge in [0.25, 0.3) is 0 Å². The van der Waals surface area contributed by atoms with Crippen molar-refractivity contribution < 1.29 is 0 Å². The Morgan fingerprint density at radius 1 is 0.341 bits per heavy atom. The Hall–Kier alpha value is -5.12. The van der Waals surface area contributed by atoms with Crippen molar-refractivity contribution in [1.82, 2.24) is 15.0 Å². The Balaban J connectivity index is 1.24. The molecule has 0 saturated carbocycles. The zero-order valence-electron chi connectivity index (χ0n) is 22.1. The van der Waals surface area contributed by atoms with Crippen LogP contribution in [0.1, 0.15) is 0 Å². The van der Waals surface area contributed by atoms with E-state index in [2.05, 4.69) is 107 Å². The number of fused-ring (bicyclic) bond motifs is 1. The molecule has 1 aromatic heterocycles. The van der Waals surface area contributed by atoms with Gasteiger partial charge in [-0.2, -0.15) is 9.97 Å². The van der Waals surface area contributed by atoms with Crippen molar-refractivity contribution in [3.8, 4) is 56.2 Å². The molecule has 0 fully saturated rings. The molecular formula is C37H24ClN3. The lowest BCUT2D eigenvalue weighted by molar-refractivity contribution is 1.07. The summed E-state index contributed by atoms with van der Waals surface area (Å²) in [5.41, 5.74) is 8.78. The zero-order valence-corrected chi connectivity index (χ0v) is 22.8. The third-order valence-corrected chi connectivity index (χ3v) is 7.47. The van der Waals surface area contributed by atoms with Gasteiger partial charge in [-0.1, -0.05) is 146 Å². The highest BCUT2D eigenvalue weighted by Crippen LogP contribution is 2.37. The lowest BCUT2D eigenvalue weighted by Crippen LogP contribution is -1.97. The average Bonchev–Trinajstić information content (AvgIpc) is 3.05. The van der Waals surface area contributed by atoms with Gasteiger partial charge in [0.1, 0.15) is 0 Å². The predicted octanol–water partition coefficient (Wildman–Crippen LogP) is 10.0. The molecule has 4 heteroatoms. The quantitative estimate of drug-likeness (QED) is 0.216. The predicted molar refractivity (Wildman–Crippen MR) is 170 cm³/mol. The van der Waals surface area contributed by atoms with Gasteiger partial charge in [0, 0.05) is 11.1 Å². The van der Waals surface area contributed by atoms with Crippen LogP contribution >= 0.6 is 11.6 Å². The van der Waals surface area contributed by atoms with Crippen LogP contribution in [-0.4, -0.2) is 15.0 Å². The summed E-state index contributed by atoms with van der Waals surface area (Å²) < 4.78 is 0. The Morgan fingerprint density at radius 3 is 1.29 bits per heavy atom. The fraction of sp³-hybridized carbons (Fsp3) is 0. The maximum atomic E-state index is 6.38. The van der Waals surface area contributed by atoms with Crippen LogP contribution in [0.3, 0.4) is 0 Å². The fourth-order valence-electron chi connectivity index (χ4n) is 5.29. The zero-order chi connectivity index (χ0) is 27.6. The van der Waals surface area contributed by atoms with Crippen LogP contribution in [0.25, 0.3) is 66.9 Å². The second-order valence-corrected chi connectivity index (χ2v) is 10.2. The molecule has 1 heterocycles. The van der Waals surface area contributed by atoms with E-state index >= 15 is 0 Å². The van der Waals surface area contributed by atoms with E-state index in [9.17, 15) is 0 Å². The van der Waals surface area contributed by atoms with Crippen molar-refractivity contribution in [1.29, 1.82) is 0 Å². The molecule has 6 aromatic carbocycles. The van der Waals surface area contributed by atoms with Crippen molar-refractivity contribution in [3.63, 3.8) is 0 Å². The monoisotopic (exact) mass is 545 g/mol. The van der Waals surface area contributed by atoms with Gasteiger partial charge >= 0.3 is 0 Å². The summed E-state index contributed by atoms with van der Waals surface area (Å²) in [6, 6.07) is 50.3. The molecule has 7 rings (SSSR count). The number of nitrogens with zero attached hydrogens (tertiary/aromatic N) is 3. The number of hydrogen-bond donors (Lipinski definition) is 0. The van der Waals surface area contributed by atoms with E-state index in [0.717, 1.165) is 27.8 Å². The Labute approximate surface area is 243 Å². The van der Waals surface area contributed by atoms with Gasteiger partial charge in [0.15, 0.2) is 11.6 Å². The van der Waals surface area contributed by atoms with Crippen LogP contribution in [0, 0.1) is 0 Å². The maximum Gasteiger partial charge on any atom is 0.226 e. The molecule has 3 nitrogen and oxygen atoms in total. The number of rotatable bonds is 5. The third kappa shape index (κ3) is 5.00. The van der Waals surface area contributed by atoms with Crippen molar-refractivity contribution in [2.45, 2.75) is 0 Å². The molecule has 0 saturated heterocycles. The Kier molecular flexibility index (Phi) is 6.56. The van der Waals surface area contributed by atoms with Gasteiger partial charge in [-0.05, 0) is 55.8 Å². The van der Waals surface area contributed by atoms with Crippen LogP contribution in [-0.2, 0) is 0 Å². The molecule has 0 bridgehead atoms. The van der Waals surface area contributed by atoms with Crippen LogP contribution in [0.2, 0.25) is 5.28 Å². The van der Waals surface area contributed by atoms with E-state index in [4.69, 9.17) is 16.6 Å². The van der Waals surface area contributed by atoms with Gasteiger partial charge < -0.3 is 0 Å².